The summed E-state index contributed by atoms with van der Waals surface area (Å²) in [5, 5.41) is 4.00. The highest BCUT2D eigenvalue weighted by Gasteiger charge is 2.13. The molecule has 23 heavy (non-hydrogen) atoms. The largest absolute Gasteiger partial charge is 0.339 e. The molecule has 0 spiro atoms. The number of fused-ring (bicyclic) bond motifs is 1. The van der Waals surface area contributed by atoms with Gasteiger partial charge in [-0.2, -0.15) is 4.98 Å². The molecule has 0 bridgehead atoms. The fourth-order valence-corrected chi connectivity index (χ4v) is 3.49. The minimum atomic E-state index is -0.0371. The molecule has 6 heteroatoms. The van der Waals surface area contributed by atoms with Crippen molar-refractivity contribution in [1.29, 1.82) is 0 Å². The van der Waals surface area contributed by atoms with Crippen molar-refractivity contribution in [2.24, 2.45) is 0 Å². The molecule has 114 valence electrons. The number of thiazole rings is 1. The van der Waals surface area contributed by atoms with Crippen LogP contribution >= 0.6 is 11.3 Å². The predicted octanol–water partition coefficient (Wildman–Crippen LogP) is 3.92. The third-order valence-corrected chi connectivity index (χ3v) is 4.68. The van der Waals surface area contributed by atoms with Crippen LogP contribution in [0.1, 0.15) is 11.5 Å². The number of nitrogens with zero attached hydrogens (tertiary/aromatic N) is 2. The van der Waals surface area contributed by atoms with Gasteiger partial charge in [0.25, 0.3) is 0 Å². The van der Waals surface area contributed by atoms with Crippen LogP contribution in [0.4, 0.5) is 0 Å². The molecule has 4 aromatic rings. The molecule has 2 aromatic heterocycles. The zero-order valence-electron chi connectivity index (χ0n) is 12.6. The normalized spacial score (nSPS) is 11.2. The number of rotatable bonds is 2. The average molecular weight is 323 g/mol. The molecule has 0 fully saturated rings. The first kappa shape index (κ1) is 13.9. The Bertz CT molecular complexity index is 1070. The minimum Gasteiger partial charge on any atom is -0.339 e. The van der Waals surface area contributed by atoms with Crippen LogP contribution in [0.25, 0.3) is 32.7 Å². The summed E-state index contributed by atoms with van der Waals surface area (Å²) in [7, 11) is 0. The van der Waals surface area contributed by atoms with Gasteiger partial charge in [0.1, 0.15) is 0 Å². The van der Waals surface area contributed by atoms with Crippen molar-refractivity contribution in [3.63, 3.8) is 0 Å². The number of aryl methyl sites for hydroxylation is 1. The van der Waals surface area contributed by atoms with Gasteiger partial charge < -0.3 is 9.51 Å². The molecule has 0 aliphatic heterocycles. The molecule has 0 radical (unpaired) electrons. The summed E-state index contributed by atoms with van der Waals surface area (Å²) in [5.74, 6) is 1.14. The number of hydrogen-bond donors (Lipinski definition) is 1. The zero-order chi connectivity index (χ0) is 16.0. The fraction of sp³-hybridized carbons (Fsp3) is 0.118. The molecule has 4 rings (SSSR count). The Balaban J connectivity index is 1.89. The van der Waals surface area contributed by atoms with Gasteiger partial charge in [0.2, 0.25) is 11.7 Å². The first-order valence-electron chi connectivity index (χ1n) is 7.15. The number of hydrogen-bond acceptors (Lipinski definition) is 5. The number of benzene rings is 2. The lowest BCUT2D eigenvalue weighted by atomic mass is 9.96. The van der Waals surface area contributed by atoms with E-state index in [1.54, 1.807) is 6.92 Å². The molecule has 0 aliphatic carbocycles. The molecule has 0 saturated heterocycles. The molecule has 2 aromatic carbocycles. The van der Waals surface area contributed by atoms with Crippen molar-refractivity contribution >= 4 is 21.6 Å². The highest BCUT2D eigenvalue weighted by atomic mass is 32.1. The van der Waals surface area contributed by atoms with Crippen LogP contribution in [-0.4, -0.2) is 15.1 Å². The van der Waals surface area contributed by atoms with E-state index < -0.39 is 0 Å². The van der Waals surface area contributed by atoms with E-state index in [1.165, 1.54) is 11.3 Å². The third-order valence-electron chi connectivity index (χ3n) is 3.83. The number of nitrogens with one attached hydrogen (secondary N) is 1. The molecule has 0 atom stereocenters. The van der Waals surface area contributed by atoms with Gasteiger partial charge in [-0.1, -0.05) is 40.8 Å². The summed E-state index contributed by atoms with van der Waals surface area (Å²) >= 11 is 1.22. The van der Waals surface area contributed by atoms with Crippen molar-refractivity contribution < 1.29 is 4.52 Å². The van der Waals surface area contributed by atoms with Gasteiger partial charge in [0.15, 0.2) is 0 Å². The number of aromatic amines is 1. The quantitative estimate of drug-likeness (QED) is 0.607. The first-order chi connectivity index (χ1) is 11.1. The lowest BCUT2D eigenvalue weighted by molar-refractivity contribution is 0.394. The van der Waals surface area contributed by atoms with E-state index in [4.69, 9.17) is 4.52 Å². The van der Waals surface area contributed by atoms with E-state index in [-0.39, 0.29) is 4.87 Å². The van der Waals surface area contributed by atoms with E-state index in [0.29, 0.717) is 11.7 Å². The van der Waals surface area contributed by atoms with Crippen LogP contribution in [-0.2, 0) is 0 Å². The molecular formula is C17H13N3O2S. The van der Waals surface area contributed by atoms with Crippen LogP contribution < -0.4 is 4.87 Å². The fourth-order valence-electron chi connectivity index (χ4n) is 2.71. The standard InChI is InChI=1S/C17H13N3O2S/c1-9-12(4-3-5-13(9)16-18-10(2)22-20-16)11-6-7-14-15(8-11)23-17(21)19-14/h3-8H,1-2H3,(H,19,21). The molecule has 0 amide bonds. The number of aromatic nitrogens is 3. The Hall–Kier alpha value is -2.73. The second kappa shape index (κ2) is 5.17. The molecule has 2 heterocycles. The second-order valence-electron chi connectivity index (χ2n) is 5.34. The van der Waals surface area contributed by atoms with Crippen molar-refractivity contribution in [3.8, 4) is 22.5 Å². The van der Waals surface area contributed by atoms with E-state index in [0.717, 1.165) is 32.5 Å². The summed E-state index contributed by atoms with van der Waals surface area (Å²) < 4.78 is 6.03. The summed E-state index contributed by atoms with van der Waals surface area (Å²) in [6.07, 6.45) is 0. The van der Waals surface area contributed by atoms with E-state index >= 15 is 0 Å². The van der Waals surface area contributed by atoms with Gasteiger partial charge in [-0.25, -0.2) is 0 Å². The van der Waals surface area contributed by atoms with Crippen LogP contribution in [0.5, 0.6) is 0 Å². The molecule has 0 unspecified atom stereocenters. The van der Waals surface area contributed by atoms with Gasteiger partial charge in [-0.3, -0.25) is 4.79 Å². The van der Waals surface area contributed by atoms with Crippen molar-refractivity contribution in [2.45, 2.75) is 13.8 Å². The van der Waals surface area contributed by atoms with Crippen LogP contribution in [0.15, 0.2) is 45.7 Å². The monoisotopic (exact) mass is 323 g/mol. The lowest BCUT2D eigenvalue weighted by Gasteiger charge is -2.09. The summed E-state index contributed by atoms with van der Waals surface area (Å²) in [5.41, 5.74) is 5.05. The van der Waals surface area contributed by atoms with Crippen molar-refractivity contribution in [3.05, 3.63) is 57.5 Å². The van der Waals surface area contributed by atoms with E-state index in [9.17, 15) is 4.79 Å². The first-order valence-corrected chi connectivity index (χ1v) is 7.97. The minimum absolute atomic E-state index is 0.0371. The third kappa shape index (κ3) is 2.37. The maximum atomic E-state index is 11.5. The smallest absolute Gasteiger partial charge is 0.305 e. The Morgan fingerprint density at radius 1 is 1.13 bits per heavy atom. The zero-order valence-corrected chi connectivity index (χ0v) is 13.4. The molecule has 5 nitrogen and oxygen atoms in total. The SMILES string of the molecule is Cc1nc(-c2cccc(-c3ccc4[nH]c(=O)sc4c3)c2C)no1. The Morgan fingerprint density at radius 2 is 1.96 bits per heavy atom. The van der Waals surface area contributed by atoms with Gasteiger partial charge in [-0.05, 0) is 35.7 Å². The maximum absolute atomic E-state index is 11.5. The topological polar surface area (TPSA) is 71.8 Å². The Kier molecular flexibility index (Phi) is 3.12. The van der Waals surface area contributed by atoms with Gasteiger partial charge in [-0.15, -0.1) is 0 Å². The highest BCUT2D eigenvalue weighted by Crippen LogP contribution is 2.32. The van der Waals surface area contributed by atoms with Gasteiger partial charge in [0, 0.05) is 12.5 Å². The van der Waals surface area contributed by atoms with Gasteiger partial charge in [0.05, 0.1) is 10.2 Å². The summed E-state index contributed by atoms with van der Waals surface area (Å²) in [6, 6.07) is 12.0. The molecule has 1 N–H and O–H groups in total. The summed E-state index contributed by atoms with van der Waals surface area (Å²) in [6.45, 7) is 3.82. The average Bonchev–Trinajstić information content (AvgIpc) is 3.11. The maximum Gasteiger partial charge on any atom is 0.305 e. The number of H-pyrrole nitrogens is 1. The highest BCUT2D eigenvalue weighted by molar-refractivity contribution is 7.16. The Morgan fingerprint density at radius 3 is 2.74 bits per heavy atom. The lowest BCUT2D eigenvalue weighted by Crippen LogP contribution is -1.90. The second-order valence-corrected chi connectivity index (χ2v) is 6.36. The van der Waals surface area contributed by atoms with E-state index in [1.807, 2.05) is 37.3 Å². The van der Waals surface area contributed by atoms with Gasteiger partial charge >= 0.3 is 4.87 Å². The summed E-state index contributed by atoms with van der Waals surface area (Å²) in [4.78, 5) is 18.6. The van der Waals surface area contributed by atoms with E-state index in [2.05, 4.69) is 21.2 Å². The van der Waals surface area contributed by atoms with Crippen LogP contribution in [0.3, 0.4) is 0 Å². The van der Waals surface area contributed by atoms with Crippen LogP contribution in [0.2, 0.25) is 0 Å². The molecule has 0 saturated carbocycles. The van der Waals surface area contributed by atoms with Crippen molar-refractivity contribution in [2.75, 3.05) is 0 Å². The van der Waals surface area contributed by atoms with Crippen molar-refractivity contribution in [1.82, 2.24) is 15.1 Å². The van der Waals surface area contributed by atoms with Crippen LogP contribution in [0, 0.1) is 13.8 Å². The molecule has 0 aliphatic rings. The predicted molar refractivity (Wildman–Crippen MR) is 90.6 cm³/mol. The Labute approximate surface area is 135 Å². The molecular weight excluding hydrogens is 310 g/mol.